The number of hydrogen-bond acceptors (Lipinski definition) is 6. The van der Waals surface area contributed by atoms with Gasteiger partial charge in [0.05, 0.1) is 13.2 Å². The Morgan fingerprint density at radius 2 is 2.19 bits per heavy atom. The summed E-state index contributed by atoms with van der Waals surface area (Å²) < 4.78 is 49.0. The zero-order valence-corrected chi connectivity index (χ0v) is 15.0. The van der Waals surface area contributed by atoms with Crippen LogP contribution in [-0.2, 0) is 24.5 Å². The first-order chi connectivity index (χ1) is 12.2. The molecular formula is C16H21FN2O6S. The summed E-state index contributed by atoms with van der Waals surface area (Å²) in [5.41, 5.74) is 0.129. The van der Waals surface area contributed by atoms with Crippen LogP contribution in [0.5, 0.6) is 5.75 Å². The lowest BCUT2D eigenvalue weighted by Gasteiger charge is -2.15. The molecule has 0 aliphatic heterocycles. The van der Waals surface area contributed by atoms with Gasteiger partial charge in [-0.15, -0.1) is 0 Å². The summed E-state index contributed by atoms with van der Waals surface area (Å²) in [7, 11) is -3.96. The maximum atomic E-state index is 14.5. The summed E-state index contributed by atoms with van der Waals surface area (Å²) in [6.07, 6.45) is 1.60. The van der Waals surface area contributed by atoms with Gasteiger partial charge in [0.15, 0.2) is 11.6 Å². The number of aldehydes is 1. The molecule has 0 saturated heterocycles. The second-order valence-electron chi connectivity index (χ2n) is 6.18. The van der Waals surface area contributed by atoms with Crippen LogP contribution in [0.3, 0.4) is 0 Å². The molecule has 1 aromatic rings. The highest BCUT2D eigenvalue weighted by Crippen LogP contribution is 2.41. The molecule has 10 heteroatoms. The van der Waals surface area contributed by atoms with E-state index in [2.05, 4.69) is 9.46 Å². The summed E-state index contributed by atoms with van der Waals surface area (Å²) in [5.74, 6) is -0.993. The largest absolute Gasteiger partial charge is 0.490 e. The Morgan fingerprint density at radius 1 is 1.46 bits per heavy atom. The minimum atomic E-state index is -3.96. The standard InChI is InChI=1S/C16H21FN2O6S/c1-10(19-26(18,22)23)13-3-2-4-14(16(13)17)25-9-12-7-11(12)5-6-24-15(21)8-20/h2-4,8,10-12,19H,5-7,9H2,1H3,(H2,18,22,23)/t10-,11?,12?/m0/s1. The van der Waals surface area contributed by atoms with Crippen LogP contribution in [0.1, 0.15) is 31.4 Å². The number of benzene rings is 1. The molecule has 1 aliphatic rings. The van der Waals surface area contributed by atoms with Gasteiger partial charge in [-0.05, 0) is 37.7 Å². The van der Waals surface area contributed by atoms with Gasteiger partial charge in [-0.3, -0.25) is 4.79 Å². The van der Waals surface area contributed by atoms with Gasteiger partial charge in [0.1, 0.15) is 0 Å². The quantitative estimate of drug-likeness (QED) is 0.347. The van der Waals surface area contributed by atoms with Gasteiger partial charge in [-0.25, -0.2) is 14.3 Å². The van der Waals surface area contributed by atoms with Gasteiger partial charge >= 0.3 is 5.97 Å². The van der Waals surface area contributed by atoms with Gasteiger partial charge in [0, 0.05) is 11.6 Å². The summed E-state index contributed by atoms with van der Waals surface area (Å²) in [4.78, 5) is 20.8. The molecule has 0 amide bonds. The second-order valence-corrected chi connectivity index (χ2v) is 7.51. The molecule has 1 fully saturated rings. The van der Waals surface area contributed by atoms with Crippen molar-refractivity contribution in [3.8, 4) is 5.75 Å². The van der Waals surface area contributed by atoms with Crippen LogP contribution in [0.2, 0.25) is 0 Å². The number of ether oxygens (including phenoxy) is 2. The topological polar surface area (TPSA) is 125 Å². The van der Waals surface area contributed by atoms with Crippen LogP contribution in [0.15, 0.2) is 18.2 Å². The third-order valence-corrected chi connectivity index (χ3v) is 4.83. The van der Waals surface area contributed by atoms with Crippen molar-refractivity contribution in [3.63, 3.8) is 0 Å². The van der Waals surface area contributed by atoms with Gasteiger partial charge in [-0.1, -0.05) is 12.1 Å². The van der Waals surface area contributed by atoms with Crippen molar-refractivity contribution < 1.29 is 31.9 Å². The molecule has 2 unspecified atom stereocenters. The number of carbonyl (C=O) groups is 2. The van der Waals surface area contributed by atoms with Crippen molar-refractivity contribution in [1.82, 2.24) is 4.72 Å². The first-order valence-corrected chi connectivity index (χ1v) is 9.59. The lowest BCUT2D eigenvalue weighted by Crippen LogP contribution is -2.33. The normalized spacial score (nSPS) is 20.3. The Labute approximate surface area is 151 Å². The van der Waals surface area contributed by atoms with Crippen LogP contribution >= 0.6 is 0 Å². The van der Waals surface area contributed by atoms with E-state index in [0.717, 1.165) is 6.42 Å². The van der Waals surface area contributed by atoms with E-state index in [1.165, 1.54) is 19.1 Å². The highest BCUT2D eigenvalue weighted by molar-refractivity contribution is 7.87. The highest BCUT2D eigenvalue weighted by Gasteiger charge is 2.37. The van der Waals surface area contributed by atoms with Crippen LogP contribution in [0, 0.1) is 17.7 Å². The van der Waals surface area contributed by atoms with E-state index in [0.29, 0.717) is 18.9 Å². The van der Waals surface area contributed by atoms with Gasteiger partial charge in [-0.2, -0.15) is 13.1 Å². The second kappa shape index (κ2) is 8.56. The van der Waals surface area contributed by atoms with Crippen LogP contribution in [0.4, 0.5) is 4.39 Å². The van der Waals surface area contributed by atoms with E-state index in [4.69, 9.17) is 9.88 Å². The molecule has 1 aliphatic carbocycles. The first-order valence-electron chi connectivity index (χ1n) is 8.04. The number of rotatable bonds is 10. The smallest absolute Gasteiger partial charge is 0.371 e. The van der Waals surface area contributed by atoms with Crippen molar-refractivity contribution in [2.45, 2.75) is 25.8 Å². The Hall–Kier alpha value is -2.04. The van der Waals surface area contributed by atoms with Crippen molar-refractivity contribution in [2.75, 3.05) is 13.2 Å². The number of halogens is 1. The minimum absolute atomic E-state index is 0.0311. The molecule has 0 spiro atoms. The average molecular weight is 388 g/mol. The Morgan fingerprint density at radius 3 is 2.85 bits per heavy atom. The minimum Gasteiger partial charge on any atom is -0.490 e. The lowest BCUT2D eigenvalue weighted by molar-refractivity contribution is -0.148. The van der Waals surface area contributed by atoms with E-state index in [9.17, 15) is 22.4 Å². The van der Waals surface area contributed by atoms with Crippen molar-refractivity contribution >= 4 is 22.5 Å². The average Bonchev–Trinajstić information content (AvgIpc) is 3.30. The predicted octanol–water partition coefficient (Wildman–Crippen LogP) is 0.827. The van der Waals surface area contributed by atoms with Gasteiger partial charge in [0.2, 0.25) is 6.29 Å². The fourth-order valence-corrected chi connectivity index (χ4v) is 3.31. The van der Waals surface area contributed by atoms with E-state index >= 15 is 0 Å². The molecule has 0 bridgehead atoms. The van der Waals surface area contributed by atoms with Gasteiger partial charge < -0.3 is 9.47 Å². The SMILES string of the molecule is C[C@H](NS(N)(=O)=O)c1cccc(OCC2CC2CCOC(=O)C=O)c1F. The number of nitrogens with two attached hydrogens (primary N) is 1. The fourth-order valence-electron chi connectivity index (χ4n) is 2.69. The van der Waals surface area contributed by atoms with Crippen LogP contribution in [0.25, 0.3) is 0 Å². The molecule has 3 atom stereocenters. The molecule has 0 heterocycles. The van der Waals surface area contributed by atoms with Gasteiger partial charge in [0.25, 0.3) is 10.2 Å². The van der Waals surface area contributed by atoms with Crippen molar-refractivity contribution in [3.05, 3.63) is 29.6 Å². The summed E-state index contributed by atoms with van der Waals surface area (Å²) in [6.45, 7) is 1.94. The maximum Gasteiger partial charge on any atom is 0.371 e. The van der Waals surface area contributed by atoms with E-state index in [1.54, 1.807) is 6.07 Å². The molecule has 0 radical (unpaired) electrons. The number of carbonyl (C=O) groups excluding carboxylic acids is 2. The molecular weight excluding hydrogens is 367 g/mol. The molecule has 8 nitrogen and oxygen atoms in total. The summed E-state index contributed by atoms with van der Waals surface area (Å²) >= 11 is 0. The van der Waals surface area contributed by atoms with Crippen molar-refractivity contribution in [2.24, 2.45) is 17.0 Å². The predicted molar refractivity (Wildman–Crippen MR) is 89.8 cm³/mol. The zero-order valence-electron chi connectivity index (χ0n) is 14.2. The first kappa shape index (κ1) is 20.3. The number of hydrogen-bond donors (Lipinski definition) is 2. The molecule has 3 N–H and O–H groups in total. The Kier molecular flexibility index (Phi) is 6.68. The zero-order chi connectivity index (χ0) is 19.3. The van der Waals surface area contributed by atoms with E-state index < -0.39 is 28.0 Å². The monoisotopic (exact) mass is 388 g/mol. The maximum absolute atomic E-state index is 14.5. The third kappa shape index (κ3) is 6.04. The molecule has 0 aromatic heterocycles. The number of esters is 1. The molecule has 144 valence electrons. The van der Waals surface area contributed by atoms with Crippen LogP contribution < -0.4 is 14.6 Å². The third-order valence-electron chi connectivity index (χ3n) is 4.15. The Bertz CT molecular complexity index is 770. The lowest BCUT2D eigenvalue weighted by atomic mass is 10.1. The van der Waals surface area contributed by atoms with Crippen molar-refractivity contribution in [1.29, 1.82) is 0 Å². The summed E-state index contributed by atoms with van der Waals surface area (Å²) in [6, 6.07) is 3.64. The van der Waals surface area contributed by atoms with E-state index in [1.807, 2.05) is 0 Å². The Balaban J connectivity index is 1.85. The molecule has 1 aromatic carbocycles. The highest BCUT2D eigenvalue weighted by atomic mass is 32.2. The molecule has 26 heavy (non-hydrogen) atoms. The van der Waals surface area contributed by atoms with E-state index in [-0.39, 0.29) is 30.1 Å². The molecule has 1 saturated carbocycles. The van der Waals surface area contributed by atoms with Crippen LogP contribution in [-0.4, -0.2) is 33.9 Å². The number of nitrogens with one attached hydrogen (secondary N) is 1. The fraction of sp³-hybridized carbons (Fsp3) is 0.500. The molecule has 2 rings (SSSR count). The summed E-state index contributed by atoms with van der Waals surface area (Å²) in [5, 5.41) is 4.91.